The minimum atomic E-state index is 0. The molecule has 14 heteroatoms. The second-order valence-corrected chi connectivity index (χ2v) is 15.8. The summed E-state index contributed by atoms with van der Waals surface area (Å²) in [6.07, 6.45) is 0. The molecule has 2 aliphatic heterocycles. The lowest BCUT2D eigenvalue weighted by atomic mass is 10.1. The van der Waals surface area contributed by atoms with E-state index >= 15 is 0 Å². The predicted molar refractivity (Wildman–Crippen MR) is 243 cm³/mol. The van der Waals surface area contributed by atoms with Gasteiger partial charge < -0.3 is 9.97 Å². The monoisotopic (exact) mass is 866 g/mol. The highest BCUT2D eigenvalue weighted by Crippen LogP contribution is 2.39. The van der Waals surface area contributed by atoms with Crippen LogP contribution in [0.15, 0.2) is 143 Å². The smallest absolute Gasteiger partial charge is 0.187 e. The largest absolute Gasteiger partial charge is 0.324 e. The molecule has 3 aromatic heterocycles. The van der Waals surface area contributed by atoms with Crippen LogP contribution in [0.1, 0.15) is 0 Å². The Balaban J connectivity index is 0.000000205. The van der Waals surface area contributed by atoms with E-state index in [2.05, 4.69) is 9.97 Å². The van der Waals surface area contributed by atoms with Gasteiger partial charge in [-0.25, -0.2) is 29.9 Å². The summed E-state index contributed by atoms with van der Waals surface area (Å²) < 4.78 is 0. The number of aromatic nitrogens is 8. The molecule has 0 spiro atoms. The third-order valence-corrected chi connectivity index (χ3v) is 11.9. The van der Waals surface area contributed by atoms with Gasteiger partial charge in [0.25, 0.3) is 0 Å². The van der Waals surface area contributed by atoms with E-state index in [1.54, 1.807) is 12.1 Å². The Morgan fingerprint density at radius 3 is 1.10 bits per heavy atom. The van der Waals surface area contributed by atoms with Gasteiger partial charge in [-0.15, -0.1) is 0 Å². The van der Waals surface area contributed by atoms with E-state index in [4.69, 9.17) is 76.3 Å². The molecule has 0 saturated heterocycles. The molecular formula is C44H27AlCl4N8S. The Morgan fingerprint density at radius 2 is 0.724 bits per heavy atom. The van der Waals surface area contributed by atoms with Crippen molar-refractivity contribution in [2.45, 2.75) is 9.79 Å². The number of nitrogens with zero attached hydrogens (tertiary/aromatic N) is 6. The Morgan fingerprint density at radius 1 is 0.379 bits per heavy atom. The first-order valence-electron chi connectivity index (χ1n) is 17.6. The Hall–Kier alpha value is -5.28. The molecule has 8 nitrogen and oxygen atoms in total. The molecule has 0 atom stereocenters. The summed E-state index contributed by atoms with van der Waals surface area (Å²) in [7, 11) is 0. The molecule has 11 rings (SSSR count). The van der Waals surface area contributed by atoms with Crippen LogP contribution in [-0.2, 0) is 0 Å². The molecule has 0 fully saturated rings. The van der Waals surface area contributed by atoms with E-state index < -0.39 is 0 Å². The second kappa shape index (κ2) is 15.8. The molecular weight excluding hydrogens is 841 g/mol. The summed E-state index contributed by atoms with van der Waals surface area (Å²) in [4.78, 5) is 38.7. The number of hydrogen-bond donors (Lipinski definition) is 2. The highest BCUT2D eigenvalue weighted by Gasteiger charge is 2.21. The summed E-state index contributed by atoms with van der Waals surface area (Å²) >= 11 is 25.2. The number of aromatic amines is 2. The molecule has 0 saturated carbocycles. The van der Waals surface area contributed by atoms with Crippen LogP contribution in [0.3, 0.4) is 0 Å². The maximum absolute atomic E-state index is 6.09. The third-order valence-electron chi connectivity index (χ3n) is 9.48. The molecule has 0 unspecified atom stereocenters. The molecule has 280 valence electrons. The average Bonchev–Trinajstić information content (AvgIpc) is 3.97. The SMILES string of the molecule is Clc1ccc(Sc2cc(Cl)c(Cl)cc2Cl)cc1.[AlH3].c1ccc2c(c1)-c1nc-2nc2[nH]c(nc3nc(nc4[nH]c(n1)c1ccccc41)-c1ccccc1-3)c1ccccc21. The molecule has 2 aliphatic rings. The van der Waals surface area contributed by atoms with Gasteiger partial charge in [-0.05, 0) is 36.4 Å². The van der Waals surface area contributed by atoms with Crippen LogP contribution in [0.2, 0.25) is 20.1 Å². The maximum Gasteiger partial charge on any atom is 0.187 e. The van der Waals surface area contributed by atoms with E-state index in [1.165, 1.54) is 11.8 Å². The average molecular weight is 869 g/mol. The van der Waals surface area contributed by atoms with Crippen molar-refractivity contribution in [2.24, 2.45) is 0 Å². The van der Waals surface area contributed by atoms with E-state index in [0.29, 0.717) is 66.0 Å². The number of hydrogen-bond acceptors (Lipinski definition) is 7. The third kappa shape index (κ3) is 7.12. The van der Waals surface area contributed by atoms with Crippen LogP contribution in [0.25, 0.3) is 89.7 Å². The van der Waals surface area contributed by atoms with Crippen molar-refractivity contribution in [2.75, 3.05) is 0 Å². The van der Waals surface area contributed by atoms with E-state index in [9.17, 15) is 0 Å². The molecule has 8 bridgehead atoms. The zero-order valence-electron chi connectivity index (χ0n) is 29.3. The summed E-state index contributed by atoms with van der Waals surface area (Å²) in [5.74, 6) is 2.39. The van der Waals surface area contributed by atoms with Crippen LogP contribution in [0.5, 0.6) is 0 Å². The normalized spacial score (nSPS) is 11.4. The first kappa shape index (κ1) is 38.3. The van der Waals surface area contributed by atoms with Gasteiger partial charge in [-0.1, -0.05) is 155 Å². The van der Waals surface area contributed by atoms with Gasteiger partial charge in [0.2, 0.25) is 0 Å². The zero-order valence-corrected chi connectivity index (χ0v) is 33.1. The fourth-order valence-corrected chi connectivity index (χ4v) is 8.52. The predicted octanol–water partition coefficient (Wildman–Crippen LogP) is 12.1. The molecule has 0 amide bonds. The molecule has 6 aromatic carbocycles. The van der Waals surface area contributed by atoms with Crippen LogP contribution < -0.4 is 0 Å². The lowest BCUT2D eigenvalue weighted by Gasteiger charge is -2.06. The topological polar surface area (TPSA) is 109 Å². The lowest BCUT2D eigenvalue weighted by molar-refractivity contribution is 1.19. The highest BCUT2D eigenvalue weighted by molar-refractivity contribution is 7.99. The fourth-order valence-electron chi connectivity index (χ4n) is 6.80. The molecule has 0 radical (unpaired) electrons. The van der Waals surface area contributed by atoms with Crippen LogP contribution >= 0.6 is 58.2 Å². The van der Waals surface area contributed by atoms with Gasteiger partial charge in [-0.2, -0.15) is 0 Å². The highest BCUT2D eigenvalue weighted by atomic mass is 35.5. The van der Waals surface area contributed by atoms with Crippen molar-refractivity contribution >= 4 is 120 Å². The van der Waals surface area contributed by atoms with E-state index in [1.807, 2.05) is 121 Å². The second-order valence-electron chi connectivity index (χ2n) is 13.0. The number of H-pyrrole nitrogens is 2. The van der Waals surface area contributed by atoms with Gasteiger partial charge in [0.05, 0.1) is 15.1 Å². The molecule has 58 heavy (non-hydrogen) atoms. The number of fused-ring (bicyclic) bond motifs is 20. The Labute approximate surface area is 365 Å². The van der Waals surface area contributed by atoms with Crippen molar-refractivity contribution in [3.05, 3.63) is 154 Å². The minimum Gasteiger partial charge on any atom is -0.324 e. The summed E-state index contributed by atoms with van der Waals surface area (Å²) in [5.41, 5.74) is 6.45. The fraction of sp³-hybridized carbons (Fsp3) is 0. The first-order valence-corrected chi connectivity index (χ1v) is 20.0. The molecule has 9 aromatic rings. The van der Waals surface area contributed by atoms with Gasteiger partial charge in [-0.3, -0.25) is 0 Å². The Kier molecular flexibility index (Phi) is 10.4. The van der Waals surface area contributed by atoms with Gasteiger partial charge in [0.15, 0.2) is 40.7 Å². The number of nitrogens with one attached hydrogen (secondary N) is 2. The number of rotatable bonds is 2. The van der Waals surface area contributed by atoms with Gasteiger partial charge >= 0.3 is 0 Å². The van der Waals surface area contributed by atoms with E-state index in [-0.39, 0.29) is 17.4 Å². The van der Waals surface area contributed by atoms with Crippen LogP contribution in [0, 0.1) is 0 Å². The van der Waals surface area contributed by atoms with Crippen LogP contribution in [0.4, 0.5) is 0 Å². The maximum atomic E-state index is 6.09. The van der Waals surface area contributed by atoms with Gasteiger partial charge in [0, 0.05) is 58.6 Å². The summed E-state index contributed by atoms with van der Waals surface area (Å²) in [5, 5.41) is 6.06. The van der Waals surface area contributed by atoms with Crippen molar-refractivity contribution in [1.29, 1.82) is 0 Å². The van der Waals surface area contributed by atoms with Crippen molar-refractivity contribution < 1.29 is 0 Å². The van der Waals surface area contributed by atoms with Gasteiger partial charge in [0.1, 0.15) is 22.6 Å². The number of benzene rings is 6. The standard InChI is InChI=1S/C32H18N8.C12H6Cl4S.Al.3H/c1-2-10-18-17(9-1)25-33-26(18)38-28-21-13-5-6-14-22(21)30(35-28)40-32-24-16-8-7-15-23(24)31(36-32)39-29-20-12-4-3-11-19(20)27(34-29)37-25;13-7-1-3-8(4-2-7)17-12-6-10(15)9(14)5-11(12)16;;;;/h1-16H,(H2,33,34,35,36,37,38,39,40);1-6H;;;;. The minimum absolute atomic E-state index is 0. The Bertz CT molecular complexity index is 2920. The van der Waals surface area contributed by atoms with Crippen molar-refractivity contribution in [3.8, 4) is 45.6 Å². The molecule has 2 N–H and O–H groups in total. The van der Waals surface area contributed by atoms with Crippen molar-refractivity contribution in [3.63, 3.8) is 0 Å². The molecule has 5 heterocycles. The quantitative estimate of drug-likeness (QED) is 0.132. The number of halogens is 4. The zero-order chi connectivity index (χ0) is 38.6. The first-order chi connectivity index (χ1) is 27.9. The molecule has 0 aliphatic carbocycles. The lowest BCUT2D eigenvalue weighted by Crippen LogP contribution is -1.82. The van der Waals surface area contributed by atoms with Crippen molar-refractivity contribution in [1.82, 2.24) is 39.9 Å². The summed E-state index contributed by atoms with van der Waals surface area (Å²) in [6, 6.07) is 43.1. The van der Waals surface area contributed by atoms with E-state index in [0.717, 1.165) is 53.6 Å². The van der Waals surface area contributed by atoms with Crippen LogP contribution in [-0.4, -0.2) is 57.2 Å². The summed E-state index contributed by atoms with van der Waals surface area (Å²) in [6.45, 7) is 0.